The minimum absolute atomic E-state index is 0.684. The third-order valence-electron chi connectivity index (χ3n) is 4.21. The molecule has 1 saturated heterocycles. The fourth-order valence-corrected chi connectivity index (χ4v) is 3.07. The van der Waals surface area contributed by atoms with Gasteiger partial charge in [0, 0.05) is 16.0 Å². The van der Waals surface area contributed by atoms with Gasteiger partial charge in [0.05, 0.1) is 5.41 Å². The summed E-state index contributed by atoms with van der Waals surface area (Å²) in [5.74, 6) is -0.688. The first-order chi connectivity index (χ1) is 11.0. The van der Waals surface area contributed by atoms with E-state index in [0.717, 1.165) is 22.2 Å². The topological polar surface area (TPSA) is 53.4 Å². The molecule has 1 fully saturated rings. The van der Waals surface area contributed by atoms with Crippen LogP contribution in [-0.2, 0) is 10.2 Å². The first-order valence-corrected chi connectivity index (χ1v) is 8.65. The van der Waals surface area contributed by atoms with E-state index >= 15 is 0 Å². The number of rotatable bonds is 2. The largest absolute Gasteiger partial charge is 0.481 e. The zero-order valence-electron chi connectivity index (χ0n) is 13.2. The maximum atomic E-state index is 11.6. The van der Waals surface area contributed by atoms with E-state index in [9.17, 15) is 9.90 Å². The minimum atomic E-state index is -0.688. The van der Waals surface area contributed by atoms with Gasteiger partial charge in [-0.3, -0.25) is 9.78 Å². The summed E-state index contributed by atoms with van der Waals surface area (Å²) in [6.45, 7) is 1.69. The fraction of sp³-hybridized carbons (Fsp3) is 0.333. The maximum Gasteiger partial charge on any atom is 0.314 e. The molecular weight excluding hydrogens is 403 g/mol. The summed E-state index contributed by atoms with van der Waals surface area (Å²) in [7, 11) is 2.04. The molecule has 0 unspecified atom stereocenters. The average Bonchev–Trinajstić information content (AvgIpc) is 2.58. The van der Waals surface area contributed by atoms with Crippen molar-refractivity contribution in [3.8, 4) is 0 Å². The van der Waals surface area contributed by atoms with E-state index in [2.05, 4.69) is 32.5 Å². The second-order valence-corrected chi connectivity index (χ2v) is 6.97. The molecule has 0 bridgehead atoms. The SMILES string of the molecule is CN1CCC(C(=O)O)(c2ccc(I)cc2)CC1.c1ccncc1. The molecule has 0 radical (unpaired) electrons. The van der Waals surface area contributed by atoms with Crippen LogP contribution in [0.3, 0.4) is 0 Å². The third kappa shape index (κ3) is 4.75. The molecule has 23 heavy (non-hydrogen) atoms. The fourth-order valence-electron chi connectivity index (χ4n) is 2.71. The predicted octanol–water partition coefficient (Wildman–Crippen LogP) is 3.42. The quantitative estimate of drug-likeness (QED) is 0.751. The van der Waals surface area contributed by atoms with Crippen LogP contribution in [0, 0.1) is 3.57 Å². The zero-order chi connectivity index (χ0) is 16.7. The lowest BCUT2D eigenvalue weighted by Gasteiger charge is -2.37. The highest BCUT2D eigenvalue weighted by molar-refractivity contribution is 14.1. The number of likely N-dealkylation sites (tertiary alicyclic amines) is 1. The highest BCUT2D eigenvalue weighted by Crippen LogP contribution is 2.35. The Bertz CT molecular complexity index is 582. The maximum absolute atomic E-state index is 11.6. The number of piperidine rings is 1. The molecule has 1 N–H and O–H groups in total. The summed E-state index contributed by atoms with van der Waals surface area (Å²) in [6.07, 6.45) is 4.89. The van der Waals surface area contributed by atoms with Gasteiger partial charge in [0.15, 0.2) is 0 Å². The van der Waals surface area contributed by atoms with Crippen LogP contribution in [0.5, 0.6) is 0 Å². The number of aliphatic carboxylic acids is 1. The Labute approximate surface area is 150 Å². The van der Waals surface area contributed by atoms with Crippen molar-refractivity contribution >= 4 is 28.6 Å². The number of carboxylic acid groups (broad SMARTS) is 1. The highest BCUT2D eigenvalue weighted by Gasteiger charge is 2.42. The highest BCUT2D eigenvalue weighted by atomic mass is 127. The molecule has 0 aliphatic carbocycles. The molecule has 2 aromatic rings. The normalized spacial score (nSPS) is 17.0. The third-order valence-corrected chi connectivity index (χ3v) is 4.93. The van der Waals surface area contributed by atoms with Crippen molar-refractivity contribution in [1.82, 2.24) is 9.88 Å². The Morgan fingerprint density at radius 3 is 2.09 bits per heavy atom. The van der Waals surface area contributed by atoms with Crippen molar-refractivity contribution in [2.45, 2.75) is 18.3 Å². The molecule has 4 nitrogen and oxygen atoms in total. The molecule has 1 aliphatic rings. The van der Waals surface area contributed by atoms with E-state index in [4.69, 9.17) is 0 Å². The summed E-state index contributed by atoms with van der Waals surface area (Å²) in [5.41, 5.74) is 0.259. The second kappa shape index (κ2) is 8.40. The van der Waals surface area contributed by atoms with E-state index in [1.54, 1.807) is 12.4 Å². The van der Waals surface area contributed by atoms with E-state index < -0.39 is 11.4 Å². The first-order valence-electron chi connectivity index (χ1n) is 7.57. The van der Waals surface area contributed by atoms with Gasteiger partial charge in [-0.25, -0.2) is 0 Å². The second-order valence-electron chi connectivity index (χ2n) is 5.72. The molecule has 2 heterocycles. The molecule has 3 rings (SSSR count). The first kappa shape index (κ1) is 17.9. The number of aromatic nitrogens is 1. The van der Waals surface area contributed by atoms with Gasteiger partial charge >= 0.3 is 5.97 Å². The molecular formula is C18H21IN2O2. The number of halogens is 1. The van der Waals surface area contributed by atoms with Gasteiger partial charge < -0.3 is 10.0 Å². The number of nitrogens with zero attached hydrogens (tertiary/aromatic N) is 2. The van der Waals surface area contributed by atoms with Gasteiger partial charge in [0.2, 0.25) is 0 Å². The molecule has 0 saturated carbocycles. The van der Waals surface area contributed by atoms with Gasteiger partial charge in [0.25, 0.3) is 0 Å². The number of carboxylic acids is 1. The van der Waals surface area contributed by atoms with Crippen molar-refractivity contribution in [3.05, 3.63) is 64.0 Å². The van der Waals surface area contributed by atoms with Crippen LogP contribution in [0.15, 0.2) is 54.9 Å². The van der Waals surface area contributed by atoms with Crippen molar-refractivity contribution in [2.75, 3.05) is 20.1 Å². The summed E-state index contributed by atoms with van der Waals surface area (Å²) in [5, 5.41) is 9.58. The van der Waals surface area contributed by atoms with Crippen LogP contribution in [0.4, 0.5) is 0 Å². The Kier molecular flexibility index (Phi) is 6.53. The smallest absolute Gasteiger partial charge is 0.314 e. The molecule has 5 heteroatoms. The molecule has 0 atom stereocenters. The van der Waals surface area contributed by atoms with Crippen molar-refractivity contribution in [2.24, 2.45) is 0 Å². The van der Waals surface area contributed by atoms with Gasteiger partial charge in [-0.15, -0.1) is 0 Å². The number of carbonyl (C=O) groups is 1. The number of pyridine rings is 1. The standard InChI is InChI=1S/C13H16INO2.C5H5N/c1-15-8-6-13(7-9-15,12(16)17)10-2-4-11(14)5-3-10;1-2-4-6-5-3-1/h2-5H,6-9H2,1H3,(H,16,17);1-5H. The van der Waals surface area contributed by atoms with Crippen LogP contribution < -0.4 is 0 Å². The monoisotopic (exact) mass is 424 g/mol. The lowest BCUT2D eigenvalue weighted by atomic mass is 9.73. The summed E-state index contributed by atoms with van der Waals surface area (Å²) in [6, 6.07) is 13.6. The van der Waals surface area contributed by atoms with E-state index in [0.29, 0.717) is 12.8 Å². The molecule has 1 aromatic heterocycles. The molecule has 0 spiro atoms. The summed E-state index contributed by atoms with van der Waals surface area (Å²) in [4.78, 5) is 17.6. The van der Waals surface area contributed by atoms with E-state index in [1.165, 1.54) is 0 Å². The Balaban J connectivity index is 0.000000268. The Morgan fingerprint density at radius 2 is 1.70 bits per heavy atom. The average molecular weight is 424 g/mol. The summed E-state index contributed by atoms with van der Waals surface area (Å²) < 4.78 is 1.14. The summed E-state index contributed by atoms with van der Waals surface area (Å²) >= 11 is 2.24. The molecule has 1 aliphatic heterocycles. The van der Waals surface area contributed by atoms with Crippen LogP contribution in [0.2, 0.25) is 0 Å². The lowest BCUT2D eigenvalue weighted by molar-refractivity contribution is -0.145. The van der Waals surface area contributed by atoms with Crippen molar-refractivity contribution in [3.63, 3.8) is 0 Å². The Morgan fingerprint density at radius 1 is 1.13 bits per heavy atom. The van der Waals surface area contributed by atoms with Crippen LogP contribution in [0.1, 0.15) is 18.4 Å². The van der Waals surface area contributed by atoms with Crippen LogP contribution in [-0.4, -0.2) is 41.1 Å². The van der Waals surface area contributed by atoms with Crippen LogP contribution >= 0.6 is 22.6 Å². The van der Waals surface area contributed by atoms with Gasteiger partial charge in [0.1, 0.15) is 0 Å². The lowest BCUT2D eigenvalue weighted by Crippen LogP contribution is -2.46. The molecule has 122 valence electrons. The molecule has 0 amide bonds. The van der Waals surface area contributed by atoms with Gasteiger partial charge in [-0.2, -0.15) is 0 Å². The predicted molar refractivity (Wildman–Crippen MR) is 99.4 cm³/mol. The zero-order valence-corrected chi connectivity index (χ0v) is 15.3. The number of hydrogen-bond donors (Lipinski definition) is 1. The number of hydrogen-bond acceptors (Lipinski definition) is 3. The minimum Gasteiger partial charge on any atom is -0.481 e. The van der Waals surface area contributed by atoms with Crippen molar-refractivity contribution in [1.29, 1.82) is 0 Å². The van der Waals surface area contributed by atoms with E-state index in [1.807, 2.05) is 49.5 Å². The van der Waals surface area contributed by atoms with Crippen LogP contribution in [0.25, 0.3) is 0 Å². The van der Waals surface area contributed by atoms with E-state index in [-0.39, 0.29) is 0 Å². The van der Waals surface area contributed by atoms with Gasteiger partial charge in [-0.05, 0) is 85.4 Å². The molecule has 1 aromatic carbocycles. The van der Waals surface area contributed by atoms with Gasteiger partial charge in [-0.1, -0.05) is 18.2 Å². The number of benzene rings is 1. The Hall–Kier alpha value is -1.47. The van der Waals surface area contributed by atoms with Crippen molar-refractivity contribution < 1.29 is 9.90 Å².